The summed E-state index contributed by atoms with van der Waals surface area (Å²) in [6, 6.07) is 10.5. The van der Waals surface area contributed by atoms with Crippen LogP contribution in [0, 0.1) is 5.92 Å². The lowest BCUT2D eigenvalue weighted by molar-refractivity contribution is -0.137. The molecule has 0 radical (unpaired) electrons. The number of hydrogen-bond acceptors (Lipinski definition) is 8. The first-order valence-corrected chi connectivity index (χ1v) is 11.5. The van der Waals surface area contributed by atoms with Crippen molar-refractivity contribution in [2.45, 2.75) is 6.92 Å². The predicted molar refractivity (Wildman–Crippen MR) is 143 cm³/mol. The maximum atomic E-state index is 12.8. The molecule has 0 fully saturated rings. The van der Waals surface area contributed by atoms with Gasteiger partial charge in [0.15, 0.2) is 23.0 Å². The Balaban J connectivity index is 2.07. The first-order valence-electron chi connectivity index (χ1n) is 10.7. The average molecular weight is 535 g/mol. The lowest BCUT2D eigenvalue weighted by Gasteiger charge is -2.26. The van der Waals surface area contributed by atoms with E-state index in [1.807, 2.05) is 0 Å². The number of rotatable bonds is 8. The van der Waals surface area contributed by atoms with Gasteiger partial charge in [0, 0.05) is 14.1 Å². The molecule has 2 aromatic rings. The first kappa shape index (κ1) is 28.6. The van der Waals surface area contributed by atoms with E-state index in [0.717, 1.165) is 0 Å². The molecule has 0 atom stereocenters. The van der Waals surface area contributed by atoms with E-state index < -0.39 is 17.7 Å². The van der Waals surface area contributed by atoms with Crippen molar-refractivity contribution in [1.82, 2.24) is 20.9 Å². The molecule has 36 heavy (non-hydrogen) atoms. The molecule has 0 saturated heterocycles. The van der Waals surface area contributed by atoms with Crippen molar-refractivity contribution in [3.8, 4) is 23.0 Å². The van der Waals surface area contributed by atoms with Gasteiger partial charge in [-0.1, -0.05) is 36.6 Å². The number of thiocarbonyl (C=S) groups is 2. The summed E-state index contributed by atoms with van der Waals surface area (Å²) >= 11 is 11.0. The third kappa shape index (κ3) is 6.32. The summed E-state index contributed by atoms with van der Waals surface area (Å²) in [5.74, 6) is -0.358. The molecular formula is C24H30N4O6S2. The van der Waals surface area contributed by atoms with Crippen LogP contribution in [-0.2, 0) is 9.59 Å². The fourth-order valence-corrected chi connectivity index (χ4v) is 3.63. The van der Waals surface area contributed by atoms with Crippen LogP contribution in [0.4, 0.5) is 0 Å². The molecule has 2 amide bonds. The summed E-state index contributed by atoms with van der Waals surface area (Å²) in [5.41, 5.74) is 6.34. The highest BCUT2D eigenvalue weighted by atomic mass is 32.1. The molecule has 2 rings (SSSR count). The van der Waals surface area contributed by atoms with Gasteiger partial charge in [-0.05, 0) is 31.2 Å². The van der Waals surface area contributed by atoms with Crippen LogP contribution in [-0.4, -0.2) is 74.3 Å². The highest BCUT2D eigenvalue weighted by Crippen LogP contribution is 2.32. The van der Waals surface area contributed by atoms with Gasteiger partial charge in [-0.25, -0.2) is 0 Å². The van der Waals surface area contributed by atoms with Crippen LogP contribution >= 0.6 is 24.4 Å². The Hall–Kier alpha value is -3.64. The normalized spacial score (nSPS) is 10.2. The number of methoxy groups -OCH3 is 4. The maximum absolute atomic E-state index is 12.8. The van der Waals surface area contributed by atoms with Crippen molar-refractivity contribution in [2.75, 3.05) is 42.5 Å². The zero-order valence-corrected chi connectivity index (χ0v) is 22.8. The summed E-state index contributed by atoms with van der Waals surface area (Å²) < 4.78 is 21.4. The number of hydrogen-bond donors (Lipinski definition) is 2. The fourth-order valence-electron chi connectivity index (χ4n) is 3.22. The largest absolute Gasteiger partial charge is 0.493 e. The standard InChI is InChI=1S/C24H30N4O6S2/c1-14(21(29)25-27(2)23(35)15-10-8-12-17(31-4)19(15)33-6)22(30)26-28(3)24(36)16-11-9-13-18(32-5)20(16)34-7/h8-14H,1-7H3,(H,25,29)(H,26,30). The Labute approximate surface area is 221 Å². The molecular weight excluding hydrogens is 504 g/mol. The number of para-hydroxylation sites is 2. The van der Waals surface area contributed by atoms with E-state index in [1.54, 1.807) is 50.5 Å². The Kier molecular flexibility index (Phi) is 10.2. The maximum Gasteiger partial charge on any atom is 0.250 e. The molecule has 0 heterocycles. The number of nitrogens with zero attached hydrogens (tertiary/aromatic N) is 2. The van der Waals surface area contributed by atoms with Gasteiger partial charge >= 0.3 is 0 Å². The zero-order chi connectivity index (χ0) is 27.0. The Morgan fingerprint density at radius 1 is 0.722 bits per heavy atom. The molecule has 0 spiro atoms. The first-order chi connectivity index (χ1) is 17.1. The molecule has 10 nitrogen and oxygen atoms in total. The van der Waals surface area contributed by atoms with Gasteiger partial charge in [0.25, 0.3) is 11.8 Å². The molecule has 0 bridgehead atoms. The Bertz CT molecular complexity index is 1060. The summed E-state index contributed by atoms with van der Waals surface area (Å²) in [6.45, 7) is 1.47. The monoisotopic (exact) mass is 534 g/mol. The van der Waals surface area contributed by atoms with Crippen molar-refractivity contribution in [2.24, 2.45) is 5.92 Å². The second kappa shape index (κ2) is 12.9. The number of nitrogens with one attached hydrogen (secondary N) is 2. The van der Waals surface area contributed by atoms with Crippen LogP contribution < -0.4 is 29.8 Å². The number of carbonyl (C=O) groups is 2. The Morgan fingerprint density at radius 3 is 1.39 bits per heavy atom. The van der Waals surface area contributed by atoms with Crippen LogP contribution in [0.3, 0.4) is 0 Å². The van der Waals surface area contributed by atoms with Crippen LogP contribution in [0.5, 0.6) is 23.0 Å². The highest BCUT2D eigenvalue weighted by molar-refractivity contribution is 7.81. The van der Waals surface area contributed by atoms with Gasteiger partial charge in [0.05, 0.1) is 39.6 Å². The summed E-state index contributed by atoms with van der Waals surface area (Å²) in [7, 11) is 9.17. The van der Waals surface area contributed by atoms with Crippen LogP contribution in [0.25, 0.3) is 0 Å². The minimum absolute atomic E-state index is 0.273. The van der Waals surface area contributed by atoms with Gasteiger partial charge in [0.2, 0.25) is 0 Å². The van der Waals surface area contributed by atoms with E-state index in [4.69, 9.17) is 43.4 Å². The van der Waals surface area contributed by atoms with Crippen molar-refractivity contribution in [3.63, 3.8) is 0 Å². The molecule has 0 saturated carbocycles. The van der Waals surface area contributed by atoms with Gasteiger partial charge in [0.1, 0.15) is 15.9 Å². The highest BCUT2D eigenvalue weighted by Gasteiger charge is 2.26. The lowest BCUT2D eigenvalue weighted by Crippen LogP contribution is -2.51. The molecule has 0 aliphatic heterocycles. The quantitative estimate of drug-likeness (QED) is 0.298. The topological polar surface area (TPSA) is 102 Å². The second-order valence-electron chi connectivity index (χ2n) is 7.48. The van der Waals surface area contributed by atoms with E-state index in [1.165, 1.54) is 45.4 Å². The molecule has 0 unspecified atom stereocenters. The number of hydrazine groups is 2. The Morgan fingerprint density at radius 2 is 1.08 bits per heavy atom. The lowest BCUT2D eigenvalue weighted by atomic mass is 10.1. The molecule has 2 aromatic carbocycles. The predicted octanol–water partition coefficient (Wildman–Crippen LogP) is 2.33. The minimum Gasteiger partial charge on any atom is -0.493 e. The van der Waals surface area contributed by atoms with E-state index in [0.29, 0.717) is 34.1 Å². The number of amides is 2. The summed E-state index contributed by atoms with van der Waals surface area (Å²) in [5, 5.41) is 2.68. The number of carbonyl (C=O) groups excluding carboxylic acids is 2. The average Bonchev–Trinajstić information content (AvgIpc) is 2.90. The second-order valence-corrected chi connectivity index (χ2v) is 8.26. The van der Waals surface area contributed by atoms with E-state index in [-0.39, 0.29) is 9.98 Å². The smallest absolute Gasteiger partial charge is 0.250 e. The SMILES string of the molecule is COc1cccc(C(=S)N(C)NC(=O)C(C)C(=O)NN(C)C(=S)c2cccc(OC)c2OC)c1OC. The molecule has 2 N–H and O–H groups in total. The van der Waals surface area contributed by atoms with Crippen molar-refractivity contribution < 1.29 is 28.5 Å². The van der Waals surface area contributed by atoms with E-state index in [2.05, 4.69) is 10.9 Å². The number of ether oxygens (including phenoxy) is 4. The minimum atomic E-state index is -1.07. The van der Waals surface area contributed by atoms with Gasteiger partial charge < -0.3 is 18.9 Å². The van der Waals surface area contributed by atoms with Crippen LogP contribution in [0.1, 0.15) is 18.1 Å². The van der Waals surface area contributed by atoms with Gasteiger partial charge in [-0.15, -0.1) is 0 Å². The molecule has 194 valence electrons. The summed E-state index contributed by atoms with van der Waals surface area (Å²) in [6.07, 6.45) is 0. The van der Waals surface area contributed by atoms with E-state index >= 15 is 0 Å². The molecule has 12 heteroatoms. The third-order valence-corrected chi connectivity index (χ3v) is 6.21. The zero-order valence-electron chi connectivity index (χ0n) is 21.2. The van der Waals surface area contributed by atoms with E-state index in [9.17, 15) is 9.59 Å². The van der Waals surface area contributed by atoms with Crippen LogP contribution in [0.15, 0.2) is 36.4 Å². The summed E-state index contributed by atoms with van der Waals surface area (Å²) in [4.78, 5) is 26.1. The van der Waals surface area contributed by atoms with Crippen molar-refractivity contribution >= 4 is 46.2 Å². The molecule has 0 aromatic heterocycles. The van der Waals surface area contributed by atoms with Crippen LogP contribution in [0.2, 0.25) is 0 Å². The molecule has 0 aliphatic carbocycles. The third-order valence-electron chi connectivity index (χ3n) is 5.22. The fraction of sp³-hybridized carbons (Fsp3) is 0.333. The van der Waals surface area contributed by atoms with Crippen molar-refractivity contribution in [3.05, 3.63) is 47.5 Å². The number of benzene rings is 2. The molecule has 0 aliphatic rings. The van der Waals surface area contributed by atoms with Gasteiger partial charge in [-0.3, -0.25) is 30.5 Å². The van der Waals surface area contributed by atoms with Gasteiger partial charge in [-0.2, -0.15) is 0 Å². The van der Waals surface area contributed by atoms with Crippen molar-refractivity contribution in [1.29, 1.82) is 0 Å².